The molecule has 106 valence electrons. The molecule has 3 N–H and O–H groups in total. The highest BCUT2D eigenvalue weighted by atomic mass is 32.1. The number of hydrogen-bond donors (Lipinski definition) is 2. The Morgan fingerprint density at radius 1 is 1.24 bits per heavy atom. The molecule has 2 aromatic carbocycles. The molecule has 0 aliphatic carbocycles. The van der Waals surface area contributed by atoms with Gasteiger partial charge < -0.3 is 11.1 Å². The van der Waals surface area contributed by atoms with Crippen LogP contribution in [-0.2, 0) is 10.3 Å². The number of nitrogens with one attached hydrogen (secondary N) is 1. The topological polar surface area (TPSA) is 68.0 Å². The zero-order valence-electron chi connectivity index (χ0n) is 11.5. The summed E-state index contributed by atoms with van der Waals surface area (Å²) in [6.07, 6.45) is 0. The van der Waals surface area contributed by atoms with Crippen molar-refractivity contribution in [1.29, 1.82) is 0 Å². The van der Waals surface area contributed by atoms with Gasteiger partial charge in [-0.25, -0.2) is 4.98 Å². The molecule has 21 heavy (non-hydrogen) atoms. The summed E-state index contributed by atoms with van der Waals surface area (Å²) in [5.74, 6) is -0.238. The van der Waals surface area contributed by atoms with Gasteiger partial charge in [0.1, 0.15) is 5.54 Å². The molecule has 0 bridgehead atoms. The maximum Gasteiger partial charge on any atom is 0.248 e. The molecule has 1 unspecified atom stereocenters. The minimum atomic E-state index is -1.08. The number of fused-ring (bicyclic) bond motifs is 1. The predicted octanol–water partition coefficient (Wildman–Crippen LogP) is 3.11. The van der Waals surface area contributed by atoms with Gasteiger partial charge in [0.25, 0.3) is 0 Å². The van der Waals surface area contributed by atoms with Crippen LogP contribution in [0.3, 0.4) is 0 Å². The number of nitrogens with two attached hydrogens (primary N) is 1. The zero-order chi connectivity index (χ0) is 14.9. The molecule has 1 amide bonds. The van der Waals surface area contributed by atoms with Crippen molar-refractivity contribution < 1.29 is 4.79 Å². The molecule has 0 saturated carbocycles. The lowest BCUT2D eigenvalue weighted by atomic mass is 9.92. The first kappa shape index (κ1) is 13.7. The van der Waals surface area contributed by atoms with Gasteiger partial charge in [-0.05, 0) is 30.7 Å². The Labute approximate surface area is 126 Å². The average Bonchev–Trinajstić information content (AvgIpc) is 2.95. The van der Waals surface area contributed by atoms with Crippen molar-refractivity contribution in [1.82, 2.24) is 4.98 Å². The first-order valence-electron chi connectivity index (χ1n) is 6.56. The molecule has 1 heterocycles. The van der Waals surface area contributed by atoms with E-state index < -0.39 is 5.54 Å². The molecule has 1 aromatic heterocycles. The van der Waals surface area contributed by atoms with Crippen LogP contribution in [-0.4, -0.2) is 10.9 Å². The first-order valence-corrected chi connectivity index (χ1v) is 7.44. The number of amides is 1. The summed E-state index contributed by atoms with van der Waals surface area (Å²) in [6, 6.07) is 15.0. The van der Waals surface area contributed by atoms with E-state index in [4.69, 9.17) is 5.73 Å². The predicted molar refractivity (Wildman–Crippen MR) is 86.2 cm³/mol. The maximum atomic E-state index is 12.5. The molecule has 3 aromatic rings. The molecule has 4 nitrogen and oxygen atoms in total. The molecule has 0 radical (unpaired) electrons. The normalized spacial score (nSPS) is 13.8. The lowest BCUT2D eigenvalue weighted by Crippen LogP contribution is -2.45. The van der Waals surface area contributed by atoms with E-state index in [0.717, 1.165) is 21.5 Å². The summed E-state index contributed by atoms with van der Waals surface area (Å²) < 4.78 is 1.03. The molecular weight excluding hydrogens is 282 g/mol. The third-order valence-corrected chi connectivity index (χ3v) is 4.23. The number of aromatic nitrogens is 1. The third kappa shape index (κ3) is 2.66. The Kier molecular flexibility index (Phi) is 3.45. The van der Waals surface area contributed by atoms with E-state index in [1.165, 1.54) is 11.3 Å². The second-order valence-electron chi connectivity index (χ2n) is 5.06. The number of anilines is 1. The third-order valence-electron chi connectivity index (χ3n) is 3.43. The average molecular weight is 297 g/mol. The van der Waals surface area contributed by atoms with Gasteiger partial charge in [0.2, 0.25) is 5.91 Å². The van der Waals surface area contributed by atoms with Crippen molar-refractivity contribution in [3.05, 3.63) is 59.6 Å². The van der Waals surface area contributed by atoms with Crippen LogP contribution in [0, 0.1) is 0 Å². The Balaban J connectivity index is 1.85. The smallest absolute Gasteiger partial charge is 0.248 e. The van der Waals surface area contributed by atoms with Crippen LogP contribution in [0.1, 0.15) is 12.5 Å². The number of hydrogen-bond acceptors (Lipinski definition) is 4. The van der Waals surface area contributed by atoms with Crippen molar-refractivity contribution in [2.75, 3.05) is 5.32 Å². The highest BCUT2D eigenvalue weighted by Gasteiger charge is 2.30. The van der Waals surface area contributed by atoms with E-state index >= 15 is 0 Å². The molecule has 0 saturated heterocycles. The zero-order valence-corrected chi connectivity index (χ0v) is 12.4. The number of nitrogens with zero attached hydrogens (tertiary/aromatic N) is 1. The Hall–Kier alpha value is -2.24. The van der Waals surface area contributed by atoms with Gasteiger partial charge in [0.15, 0.2) is 0 Å². The number of carbonyl (C=O) groups is 1. The fourth-order valence-electron chi connectivity index (χ4n) is 2.11. The first-order chi connectivity index (χ1) is 10.1. The molecule has 0 spiro atoms. The van der Waals surface area contributed by atoms with E-state index in [0.29, 0.717) is 0 Å². The molecule has 0 fully saturated rings. The van der Waals surface area contributed by atoms with Crippen molar-refractivity contribution in [2.24, 2.45) is 5.73 Å². The number of benzene rings is 2. The van der Waals surface area contributed by atoms with Crippen LogP contribution in [0.5, 0.6) is 0 Å². The quantitative estimate of drug-likeness (QED) is 0.780. The largest absolute Gasteiger partial charge is 0.324 e. The Morgan fingerprint density at radius 3 is 2.76 bits per heavy atom. The van der Waals surface area contributed by atoms with E-state index in [9.17, 15) is 4.79 Å². The molecule has 0 aliphatic rings. The van der Waals surface area contributed by atoms with Crippen LogP contribution >= 0.6 is 11.3 Å². The van der Waals surface area contributed by atoms with Crippen LogP contribution in [0.25, 0.3) is 10.2 Å². The second kappa shape index (κ2) is 5.27. The van der Waals surface area contributed by atoms with Crippen LogP contribution in [0.2, 0.25) is 0 Å². The molecule has 5 heteroatoms. The van der Waals surface area contributed by atoms with E-state index in [1.807, 2.05) is 48.5 Å². The van der Waals surface area contributed by atoms with E-state index in [-0.39, 0.29) is 5.91 Å². The minimum absolute atomic E-state index is 0.238. The Bertz CT molecular complexity index is 780. The summed E-state index contributed by atoms with van der Waals surface area (Å²) >= 11 is 1.54. The maximum absolute atomic E-state index is 12.5. The summed E-state index contributed by atoms with van der Waals surface area (Å²) in [4.78, 5) is 16.7. The van der Waals surface area contributed by atoms with Crippen LogP contribution in [0.15, 0.2) is 54.0 Å². The van der Waals surface area contributed by atoms with Gasteiger partial charge in [-0.3, -0.25) is 4.79 Å². The lowest BCUT2D eigenvalue weighted by molar-refractivity contribution is -0.120. The number of thiazole rings is 1. The minimum Gasteiger partial charge on any atom is -0.324 e. The van der Waals surface area contributed by atoms with Gasteiger partial charge in [-0.15, -0.1) is 11.3 Å². The number of rotatable bonds is 3. The van der Waals surface area contributed by atoms with E-state index in [1.54, 1.807) is 12.4 Å². The van der Waals surface area contributed by atoms with Crippen LogP contribution < -0.4 is 11.1 Å². The fourth-order valence-corrected chi connectivity index (χ4v) is 2.83. The Morgan fingerprint density at radius 2 is 2.00 bits per heavy atom. The molecule has 0 aliphatic heterocycles. The summed E-state index contributed by atoms with van der Waals surface area (Å²) in [6.45, 7) is 1.71. The SMILES string of the molecule is CC(N)(C(=O)Nc1ccc2ncsc2c1)c1ccccc1. The lowest BCUT2D eigenvalue weighted by Gasteiger charge is -2.24. The summed E-state index contributed by atoms with van der Waals surface area (Å²) in [7, 11) is 0. The monoisotopic (exact) mass is 297 g/mol. The van der Waals surface area contributed by atoms with Crippen molar-refractivity contribution in [2.45, 2.75) is 12.5 Å². The van der Waals surface area contributed by atoms with Gasteiger partial charge in [0.05, 0.1) is 15.7 Å². The van der Waals surface area contributed by atoms with Gasteiger partial charge in [-0.1, -0.05) is 30.3 Å². The second-order valence-corrected chi connectivity index (χ2v) is 5.94. The van der Waals surface area contributed by atoms with Crippen molar-refractivity contribution >= 4 is 33.1 Å². The fraction of sp³-hybridized carbons (Fsp3) is 0.125. The van der Waals surface area contributed by atoms with Gasteiger partial charge in [-0.2, -0.15) is 0 Å². The number of carbonyl (C=O) groups excluding carboxylic acids is 1. The molecule has 3 rings (SSSR count). The summed E-state index contributed by atoms with van der Waals surface area (Å²) in [5.41, 5.74) is 9.34. The highest BCUT2D eigenvalue weighted by Crippen LogP contribution is 2.24. The standard InChI is InChI=1S/C16H15N3OS/c1-16(17,11-5-3-2-4-6-11)15(20)19-12-7-8-13-14(9-12)21-10-18-13/h2-10H,17H2,1H3,(H,19,20). The van der Waals surface area contributed by atoms with Gasteiger partial charge in [0, 0.05) is 5.69 Å². The van der Waals surface area contributed by atoms with Crippen LogP contribution in [0.4, 0.5) is 5.69 Å². The van der Waals surface area contributed by atoms with Crippen molar-refractivity contribution in [3.63, 3.8) is 0 Å². The summed E-state index contributed by atoms with van der Waals surface area (Å²) in [5, 5.41) is 2.88. The van der Waals surface area contributed by atoms with E-state index in [2.05, 4.69) is 10.3 Å². The molecule has 1 atom stereocenters. The molecular formula is C16H15N3OS. The van der Waals surface area contributed by atoms with Gasteiger partial charge >= 0.3 is 0 Å². The highest BCUT2D eigenvalue weighted by molar-refractivity contribution is 7.16. The van der Waals surface area contributed by atoms with Crippen molar-refractivity contribution in [3.8, 4) is 0 Å².